The molecule has 0 fully saturated rings. The van der Waals surface area contributed by atoms with Gasteiger partial charge < -0.3 is 0 Å². The molecule has 2 nitrogen and oxygen atoms in total. The predicted octanol–water partition coefficient (Wildman–Crippen LogP) is 1.96. The molecule has 0 saturated carbocycles. The molecule has 14 heavy (non-hydrogen) atoms. The van der Waals surface area contributed by atoms with Crippen molar-refractivity contribution < 1.29 is 18.0 Å². The molecule has 1 aliphatic rings. The number of nitrogens with zero attached hydrogens (tertiary/aromatic N) is 1. The van der Waals surface area contributed by atoms with Crippen LogP contribution in [-0.4, -0.2) is 5.91 Å². The van der Waals surface area contributed by atoms with Crippen molar-refractivity contribution in [3.8, 4) is 0 Å². The van der Waals surface area contributed by atoms with E-state index in [0.717, 1.165) is 4.90 Å². The van der Waals surface area contributed by atoms with Crippen LogP contribution in [0.3, 0.4) is 0 Å². The SMILES string of the molecule is O=C1C=CN1c1cc(F)c(F)cc1F. The molecule has 0 radical (unpaired) electrons. The van der Waals surface area contributed by atoms with Crippen molar-refractivity contribution in [1.29, 1.82) is 0 Å². The molecule has 1 aromatic rings. The summed E-state index contributed by atoms with van der Waals surface area (Å²) in [5, 5.41) is 0. The smallest absolute Gasteiger partial charge is 0.256 e. The third-order valence-corrected chi connectivity index (χ3v) is 1.85. The van der Waals surface area contributed by atoms with E-state index in [4.69, 9.17) is 0 Å². The first-order valence-electron chi connectivity index (χ1n) is 3.75. The van der Waals surface area contributed by atoms with E-state index in [1.165, 1.54) is 12.3 Å². The summed E-state index contributed by atoms with van der Waals surface area (Å²) in [6.07, 6.45) is 2.47. The molecule has 0 N–H and O–H groups in total. The Bertz CT molecular complexity index is 442. The topological polar surface area (TPSA) is 20.3 Å². The van der Waals surface area contributed by atoms with Gasteiger partial charge in [0.05, 0.1) is 5.69 Å². The Kier molecular flexibility index (Phi) is 1.80. The van der Waals surface area contributed by atoms with Gasteiger partial charge in [-0.15, -0.1) is 0 Å². The van der Waals surface area contributed by atoms with Gasteiger partial charge in [0, 0.05) is 24.4 Å². The molecule has 0 saturated heterocycles. The van der Waals surface area contributed by atoms with Crippen molar-refractivity contribution in [3.63, 3.8) is 0 Å². The highest BCUT2D eigenvalue weighted by Gasteiger charge is 2.23. The van der Waals surface area contributed by atoms with Crippen molar-refractivity contribution in [2.75, 3.05) is 4.90 Å². The minimum atomic E-state index is -1.27. The average molecular weight is 199 g/mol. The molecule has 0 spiro atoms. The summed E-state index contributed by atoms with van der Waals surface area (Å²) in [4.78, 5) is 11.7. The summed E-state index contributed by atoms with van der Waals surface area (Å²) in [6.45, 7) is 0. The van der Waals surface area contributed by atoms with Crippen LogP contribution in [0.15, 0.2) is 24.4 Å². The van der Waals surface area contributed by atoms with Crippen LogP contribution in [0.4, 0.5) is 18.9 Å². The van der Waals surface area contributed by atoms with Crippen LogP contribution in [0.2, 0.25) is 0 Å². The molecule has 0 aromatic heterocycles. The minimum Gasteiger partial charge on any atom is -0.281 e. The lowest BCUT2D eigenvalue weighted by Crippen LogP contribution is -2.31. The average Bonchev–Trinajstić information content (AvgIpc) is 2.12. The summed E-state index contributed by atoms with van der Waals surface area (Å²) >= 11 is 0. The molecule has 0 bridgehead atoms. The number of halogens is 3. The predicted molar refractivity (Wildman–Crippen MR) is 42.9 cm³/mol. The Hall–Kier alpha value is -1.78. The zero-order chi connectivity index (χ0) is 10.3. The van der Waals surface area contributed by atoms with E-state index in [9.17, 15) is 18.0 Å². The monoisotopic (exact) mass is 199 g/mol. The van der Waals surface area contributed by atoms with Gasteiger partial charge in [-0.1, -0.05) is 0 Å². The fraction of sp³-hybridized carbons (Fsp3) is 0. The first-order chi connectivity index (χ1) is 6.59. The highest BCUT2D eigenvalue weighted by atomic mass is 19.2. The molecule has 1 aromatic carbocycles. The fourth-order valence-electron chi connectivity index (χ4n) is 1.11. The second-order valence-electron chi connectivity index (χ2n) is 2.74. The van der Waals surface area contributed by atoms with Gasteiger partial charge in [0.2, 0.25) is 0 Å². The number of hydrogen-bond donors (Lipinski definition) is 0. The number of anilines is 1. The molecule has 0 atom stereocenters. The highest BCUT2D eigenvalue weighted by molar-refractivity contribution is 6.09. The van der Waals surface area contributed by atoms with Crippen molar-refractivity contribution in [2.45, 2.75) is 0 Å². The summed E-state index contributed by atoms with van der Waals surface area (Å²) in [5.41, 5.74) is -0.281. The number of carbonyl (C=O) groups is 1. The molecular weight excluding hydrogens is 195 g/mol. The van der Waals surface area contributed by atoms with E-state index in [-0.39, 0.29) is 5.69 Å². The van der Waals surface area contributed by atoms with Gasteiger partial charge in [-0.2, -0.15) is 0 Å². The molecular formula is C9H4F3NO. The van der Waals surface area contributed by atoms with E-state index in [1.807, 2.05) is 0 Å². The first-order valence-corrected chi connectivity index (χ1v) is 3.75. The maximum atomic E-state index is 13.0. The van der Waals surface area contributed by atoms with Gasteiger partial charge in [-0.25, -0.2) is 13.2 Å². The van der Waals surface area contributed by atoms with Gasteiger partial charge >= 0.3 is 0 Å². The molecule has 1 heterocycles. The molecule has 72 valence electrons. The summed E-state index contributed by atoms with van der Waals surface area (Å²) in [6, 6.07) is 1.05. The molecule has 1 amide bonds. The van der Waals surface area contributed by atoms with Crippen LogP contribution in [-0.2, 0) is 4.79 Å². The van der Waals surface area contributed by atoms with E-state index < -0.39 is 23.4 Å². The third-order valence-electron chi connectivity index (χ3n) is 1.85. The lowest BCUT2D eigenvalue weighted by molar-refractivity contribution is -0.114. The van der Waals surface area contributed by atoms with Gasteiger partial charge in [0.1, 0.15) is 5.82 Å². The molecule has 2 rings (SSSR count). The summed E-state index contributed by atoms with van der Waals surface area (Å²) in [7, 11) is 0. The maximum absolute atomic E-state index is 13.0. The molecule has 5 heteroatoms. The van der Waals surface area contributed by atoms with E-state index >= 15 is 0 Å². The van der Waals surface area contributed by atoms with Gasteiger partial charge in [0.25, 0.3) is 5.91 Å². The minimum absolute atomic E-state index is 0.281. The van der Waals surface area contributed by atoms with Gasteiger partial charge in [-0.05, 0) is 0 Å². The van der Waals surface area contributed by atoms with Crippen LogP contribution in [0.25, 0.3) is 0 Å². The highest BCUT2D eigenvalue weighted by Crippen LogP contribution is 2.25. The van der Waals surface area contributed by atoms with Crippen LogP contribution in [0, 0.1) is 17.5 Å². The first kappa shape index (κ1) is 8.80. The number of benzene rings is 1. The van der Waals surface area contributed by atoms with Crippen LogP contribution in [0.1, 0.15) is 0 Å². The van der Waals surface area contributed by atoms with E-state index in [0.29, 0.717) is 12.1 Å². The summed E-state index contributed by atoms with van der Waals surface area (Å²) < 4.78 is 38.2. The van der Waals surface area contributed by atoms with Crippen LogP contribution >= 0.6 is 0 Å². The molecule has 1 aliphatic heterocycles. The standard InChI is InChI=1S/C9H4F3NO/c10-5-3-7(12)8(4-6(5)11)13-2-1-9(13)14/h1-4H. The lowest BCUT2D eigenvalue weighted by atomic mass is 10.2. The zero-order valence-corrected chi connectivity index (χ0v) is 6.80. The molecule has 0 unspecified atom stereocenters. The van der Waals surface area contributed by atoms with Crippen molar-refractivity contribution >= 4 is 11.6 Å². The Morgan fingerprint density at radius 1 is 1.00 bits per heavy atom. The van der Waals surface area contributed by atoms with E-state index in [2.05, 4.69) is 0 Å². The quantitative estimate of drug-likeness (QED) is 0.633. The zero-order valence-electron chi connectivity index (χ0n) is 6.80. The lowest BCUT2D eigenvalue weighted by Gasteiger charge is -2.23. The van der Waals surface area contributed by atoms with Crippen molar-refractivity contribution in [1.82, 2.24) is 0 Å². The number of carbonyl (C=O) groups excluding carboxylic acids is 1. The van der Waals surface area contributed by atoms with E-state index in [1.54, 1.807) is 0 Å². The summed E-state index contributed by atoms with van der Waals surface area (Å²) in [5.74, 6) is -3.89. The van der Waals surface area contributed by atoms with Gasteiger partial charge in [0.15, 0.2) is 11.6 Å². The fourth-order valence-corrected chi connectivity index (χ4v) is 1.11. The largest absolute Gasteiger partial charge is 0.281 e. The van der Waals surface area contributed by atoms with Crippen LogP contribution < -0.4 is 4.90 Å². The van der Waals surface area contributed by atoms with Gasteiger partial charge in [-0.3, -0.25) is 9.69 Å². The number of rotatable bonds is 1. The third kappa shape index (κ3) is 1.17. The Morgan fingerprint density at radius 3 is 2.14 bits per heavy atom. The number of amides is 1. The Morgan fingerprint density at radius 2 is 1.64 bits per heavy atom. The second-order valence-corrected chi connectivity index (χ2v) is 2.74. The number of hydrogen-bond acceptors (Lipinski definition) is 1. The van der Waals surface area contributed by atoms with Crippen molar-refractivity contribution in [3.05, 3.63) is 41.9 Å². The van der Waals surface area contributed by atoms with Crippen LogP contribution in [0.5, 0.6) is 0 Å². The second kappa shape index (κ2) is 2.87. The Labute approximate surface area is 77.2 Å². The maximum Gasteiger partial charge on any atom is 0.256 e. The van der Waals surface area contributed by atoms with Crippen molar-refractivity contribution in [2.24, 2.45) is 0 Å². The molecule has 0 aliphatic carbocycles. The Balaban J connectivity index is 2.49. The normalized spacial score (nSPS) is 14.5.